The molecule has 3 aliphatic carbocycles. The van der Waals surface area contributed by atoms with Gasteiger partial charge in [0.05, 0.1) is 5.60 Å². The zero-order chi connectivity index (χ0) is 12.4. The fourth-order valence-corrected chi connectivity index (χ4v) is 3.13. The van der Waals surface area contributed by atoms with Gasteiger partial charge in [0.25, 0.3) is 0 Å². The second-order valence-electron chi connectivity index (χ2n) is 7.10. The number of rotatable bonds is 7. The molecule has 0 aromatic heterocycles. The van der Waals surface area contributed by atoms with Crippen LogP contribution >= 0.6 is 0 Å². The van der Waals surface area contributed by atoms with E-state index >= 15 is 0 Å². The summed E-state index contributed by atoms with van der Waals surface area (Å²) in [6.45, 7) is 4.50. The van der Waals surface area contributed by atoms with E-state index in [1.807, 2.05) is 0 Å². The van der Waals surface area contributed by atoms with E-state index in [1.54, 1.807) is 0 Å². The van der Waals surface area contributed by atoms with Gasteiger partial charge in [-0.3, -0.25) is 0 Å². The minimum Gasteiger partial charge on any atom is -0.374 e. The molecule has 0 bridgehead atoms. The number of nitrogens with one attached hydrogen (secondary N) is 1. The first-order chi connectivity index (χ1) is 8.76. The molecule has 0 aromatic rings. The smallest absolute Gasteiger partial charge is 0.0806 e. The topological polar surface area (TPSA) is 21.3 Å². The Bertz CT molecular complexity index is 262. The van der Waals surface area contributed by atoms with Crippen LogP contribution in [0.4, 0.5) is 0 Å². The fourth-order valence-electron chi connectivity index (χ4n) is 3.13. The molecule has 3 saturated carbocycles. The molecular weight excluding hydrogens is 222 g/mol. The molecule has 0 aromatic carbocycles. The van der Waals surface area contributed by atoms with Crippen molar-refractivity contribution in [1.29, 1.82) is 0 Å². The summed E-state index contributed by atoms with van der Waals surface area (Å²) in [6.07, 6.45) is 12.2. The largest absolute Gasteiger partial charge is 0.374 e. The highest BCUT2D eigenvalue weighted by molar-refractivity contribution is 4.92. The van der Waals surface area contributed by atoms with Crippen LogP contribution < -0.4 is 5.32 Å². The van der Waals surface area contributed by atoms with Crippen molar-refractivity contribution >= 4 is 0 Å². The van der Waals surface area contributed by atoms with Crippen molar-refractivity contribution in [3.05, 3.63) is 0 Å². The fraction of sp³-hybridized carbons (Fsp3) is 1.00. The van der Waals surface area contributed by atoms with E-state index in [0.717, 1.165) is 31.0 Å². The zero-order valence-electron chi connectivity index (χ0n) is 11.9. The lowest BCUT2D eigenvalue weighted by atomic mass is 9.79. The van der Waals surface area contributed by atoms with Gasteiger partial charge in [0.2, 0.25) is 0 Å². The first kappa shape index (κ1) is 12.9. The van der Waals surface area contributed by atoms with Crippen LogP contribution in [0.25, 0.3) is 0 Å². The van der Waals surface area contributed by atoms with E-state index in [-0.39, 0.29) is 5.60 Å². The Morgan fingerprint density at radius 1 is 1.06 bits per heavy atom. The highest BCUT2D eigenvalue weighted by Gasteiger charge is 2.37. The van der Waals surface area contributed by atoms with Gasteiger partial charge in [-0.05, 0) is 56.8 Å². The van der Waals surface area contributed by atoms with E-state index in [9.17, 15) is 0 Å². The molecule has 3 fully saturated rings. The molecule has 0 unspecified atom stereocenters. The molecular formula is C16H29NO. The second-order valence-corrected chi connectivity index (χ2v) is 7.10. The molecule has 18 heavy (non-hydrogen) atoms. The van der Waals surface area contributed by atoms with Crippen molar-refractivity contribution in [3.8, 4) is 0 Å². The maximum absolute atomic E-state index is 6.39. The van der Waals surface area contributed by atoms with Gasteiger partial charge in [0, 0.05) is 19.2 Å². The maximum atomic E-state index is 6.39. The Balaban J connectivity index is 1.47. The van der Waals surface area contributed by atoms with Gasteiger partial charge in [0.15, 0.2) is 0 Å². The van der Waals surface area contributed by atoms with Gasteiger partial charge >= 0.3 is 0 Å². The molecule has 104 valence electrons. The molecule has 3 aliphatic rings. The zero-order valence-corrected chi connectivity index (χ0v) is 11.9. The predicted molar refractivity (Wildman–Crippen MR) is 74.7 cm³/mol. The van der Waals surface area contributed by atoms with Crippen LogP contribution in [-0.4, -0.2) is 24.8 Å². The van der Waals surface area contributed by atoms with E-state index in [4.69, 9.17) is 4.74 Å². The molecule has 3 rings (SSSR count). The molecule has 0 amide bonds. The van der Waals surface area contributed by atoms with E-state index in [1.165, 1.54) is 57.8 Å². The SMILES string of the molecule is CC1CCC(CNC2CC2)(OCCC2CC2)CC1. The molecule has 2 nitrogen and oxygen atoms in total. The Morgan fingerprint density at radius 3 is 2.39 bits per heavy atom. The standard InChI is InChI=1S/C16H29NO/c1-13-6-9-16(10-7-13,12-17-15-4-5-15)18-11-8-14-2-3-14/h13-15,17H,2-12H2,1H3. The Kier molecular flexibility index (Phi) is 3.95. The molecule has 1 N–H and O–H groups in total. The summed E-state index contributed by atoms with van der Waals surface area (Å²) in [7, 11) is 0. The summed E-state index contributed by atoms with van der Waals surface area (Å²) in [5.41, 5.74) is 0.185. The minimum atomic E-state index is 0.185. The summed E-state index contributed by atoms with van der Waals surface area (Å²) >= 11 is 0. The summed E-state index contributed by atoms with van der Waals surface area (Å²) in [5, 5.41) is 3.71. The van der Waals surface area contributed by atoms with Crippen molar-refractivity contribution in [3.63, 3.8) is 0 Å². The Labute approximate surface area is 112 Å². The lowest BCUT2D eigenvalue weighted by Crippen LogP contribution is -2.46. The van der Waals surface area contributed by atoms with E-state index < -0.39 is 0 Å². The van der Waals surface area contributed by atoms with Gasteiger partial charge in [0.1, 0.15) is 0 Å². The van der Waals surface area contributed by atoms with Crippen LogP contribution in [0.3, 0.4) is 0 Å². The summed E-state index contributed by atoms with van der Waals surface area (Å²) in [4.78, 5) is 0. The van der Waals surface area contributed by atoms with Gasteiger partial charge in [-0.2, -0.15) is 0 Å². The van der Waals surface area contributed by atoms with Crippen molar-refractivity contribution in [1.82, 2.24) is 5.32 Å². The molecule has 2 heteroatoms. The third-order valence-electron chi connectivity index (χ3n) is 5.11. The average Bonchev–Trinajstić information content (AvgIpc) is 3.25. The first-order valence-electron chi connectivity index (χ1n) is 8.13. The van der Waals surface area contributed by atoms with Gasteiger partial charge < -0.3 is 10.1 Å². The highest BCUT2D eigenvalue weighted by atomic mass is 16.5. The van der Waals surface area contributed by atoms with Crippen molar-refractivity contribution in [2.75, 3.05) is 13.2 Å². The van der Waals surface area contributed by atoms with Crippen LogP contribution in [0.5, 0.6) is 0 Å². The Morgan fingerprint density at radius 2 is 1.78 bits per heavy atom. The predicted octanol–water partition coefficient (Wildman–Crippen LogP) is 3.50. The van der Waals surface area contributed by atoms with Gasteiger partial charge in [-0.15, -0.1) is 0 Å². The van der Waals surface area contributed by atoms with Gasteiger partial charge in [-0.25, -0.2) is 0 Å². The van der Waals surface area contributed by atoms with Crippen LogP contribution in [0.1, 0.15) is 64.7 Å². The maximum Gasteiger partial charge on any atom is 0.0806 e. The van der Waals surface area contributed by atoms with E-state index in [2.05, 4.69) is 12.2 Å². The van der Waals surface area contributed by atoms with Crippen LogP contribution in [0, 0.1) is 11.8 Å². The molecule has 0 radical (unpaired) electrons. The average molecular weight is 251 g/mol. The number of ether oxygens (including phenoxy) is 1. The first-order valence-corrected chi connectivity index (χ1v) is 8.13. The summed E-state index contributed by atoms with van der Waals surface area (Å²) in [6, 6.07) is 0.813. The van der Waals surface area contributed by atoms with Crippen LogP contribution in [-0.2, 0) is 4.74 Å². The Hall–Kier alpha value is -0.0800. The highest BCUT2D eigenvalue weighted by Crippen LogP contribution is 2.37. The second kappa shape index (κ2) is 5.50. The van der Waals surface area contributed by atoms with Crippen molar-refractivity contribution in [2.24, 2.45) is 11.8 Å². The molecule has 0 aliphatic heterocycles. The lowest BCUT2D eigenvalue weighted by Gasteiger charge is -2.40. The van der Waals surface area contributed by atoms with Crippen molar-refractivity contribution < 1.29 is 4.74 Å². The third kappa shape index (κ3) is 3.71. The van der Waals surface area contributed by atoms with Crippen molar-refractivity contribution in [2.45, 2.75) is 76.4 Å². The number of hydrogen-bond acceptors (Lipinski definition) is 2. The van der Waals surface area contributed by atoms with E-state index in [0.29, 0.717) is 0 Å². The minimum absolute atomic E-state index is 0.185. The van der Waals surface area contributed by atoms with Gasteiger partial charge in [-0.1, -0.05) is 19.8 Å². The number of hydrogen-bond donors (Lipinski definition) is 1. The molecule has 0 saturated heterocycles. The lowest BCUT2D eigenvalue weighted by molar-refractivity contribution is -0.0772. The van der Waals surface area contributed by atoms with Crippen LogP contribution in [0.15, 0.2) is 0 Å². The summed E-state index contributed by atoms with van der Waals surface area (Å²) < 4.78 is 6.39. The molecule has 0 atom stereocenters. The van der Waals surface area contributed by atoms with Crippen LogP contribution in [0.2, 0.25) is 0 Å². The quantitative estimate of drug-likeness (QED) is 0.747. The summed E-state index contributed by atoms with van der Waals surface area (Å²) in [5.74, 6) is 1.91. The third-order valence-corrected chi connectivity index (χ3v) is 5.11. The normalized spacial score (nSPS) is 36.8. The monoisotopic (exact) mass is 251 g/mol. The molecule has 0 spiro atoms. The molecule has 0 heterocycles.